The maximum absolute atomic E-state index is 12.2. The monoisotopic (exact) mass is 297 g/mol. The van der Waals surface area contributed by atoms with Crippen molar-refractivity contribution < 1.29 is 23.8 Å². The topological polar surface area (TPSA) is 82.5 Å². The second kappa shape index (κ2) is 7.40. The molecule has 0 spiro atoms. The van der Waals surface area contributed by atoms with E-state index >= 15 is 0 Å². The van der Waals surface area contributed by atoms with Crippen LogP contribution in [0.5, 0.6) is 5.95 Å². The number of nitrogens with zero attached hydrogens (tertiary/aromatic N) is 3. The first kappa shape index (κ1) is 15.8. The Kier molecular flexibility index (Phi) is 5.55. The minimum Gasteiger partial charge on any atom is -0.539 e. The molecule has 2 rings (SSSR count). The summed E-state index contributed by atoms with van der Waals surface area (Å²) in [6, 6.07) is 0. The third-order valence-corrected chi connectivity index (χ3v) is 3.59. The van der Waals surface area contributed by atoms with Gasteiger partial charge in [-0.1, -0.05) is 31.4 Å². The summed E-state index contributed by atoms with van der Waals surface area (Å²) in [6.45, 7) is 6.20. The van der Waals surface area contributed by atoms with Gasteiger partial charge in [-0.3, -0.25) is 4.79 Å². The molecule has 0 N–H and O–H groups in total. The van der Waals surface area contributed by atoms with Gasteiger partial charge in [0.25, 0.3) is 12.5 Å². The Bertz CT molecular complexity index is 461. The lowest BCUT2D eigenvalue weighted by atomic mass is 10.0. The number of amides is 1. The fourth-order valence-electron chi connectivity index (χ4n) is 2.45. The van der Waals surface area contributed by atoms with E-state index in [9.17, 15) is 9.90 Å². The molecule has 1 atom stereocenters. The van der Waals surface area contributed by atoms with Crippen LogP contribution in [0.15, 0.2) is 10.7 Å². The molecular formula is C14H23N3O4. The van der Waals surface area contributed by atoms with Gasteiger partial charge in [0, 0.05) is 13.1 Å². The molecule has 1 unspecified atom stereocenters. The minimum absolute atomic E-state index is 0.0322. The van der Waals surface area contributed by atoms with Gasteiger partial charge in [-0.25, -0.2) is 0 Å². The molecule has 0 bridgehead atoms. The van der Waals surface area contributed by atoms with Crippen molar-refractivity contribution in [1.29, 1.82) is 0 Å². The number of carbonyl (C=O) groups is 1. The van der Waals surface area contributed by atoms with Crippen molar-refractivity contribution in [2.75, 3.05) is 19.7 Å². The van der Waals surface area contributed by atoms with E-state index in [1.54, 1.807) is 4.90 Å². The van der Waals surface area contributed by atoms with Crippen LogP contribution in [0, 0.1) is 5.92 Å². The summed E-state index contributed by atoms with van der Waals surface area (Å²) < 4.78 is 11.4. The lowest BCUT2D eigenvalue weighted by Crippen LogP contribution is -2.51. The van der Waals surface area contributed by atoms with Crippen molar-refractivity contribution in [2.45, 2.75) is 45.8 Å². The molecule has 21 heavy (non-hydrogen) atoms. The highest BCUT2D eigenvalue weighted by atomic mass is 16.6. The van der Waals surface area contributed by atoms with Crippen LogP contribution in [-0.2, 0) is 16.1 Å². The Hall–Kier alpha value is -1.63. The fourth-order valence-corrected chi connectivity index (χ4v) is 2.45. The minimum atomic E-state index is -0.545. The number of morpholine rings is 1. The summed E-state index contributed by atoms with van der Waals surface area (Å²) in [5, 5.41) is 14.4. The molecule has 1 aromatic rings. The van der Waals surface area contributed by atoms with E-state index in [0.717, 1.165) is 12.8 Å². The van der Waals surface area contributed by atoms with Gasteiger partial charge in [0.15, 0.2) is 0 Å². The molecule has 0 radical (unpaired) electrons. The normalized spacial score (nSPS) is 19.2. The molecule has 0 saturated carbocycles. The highest BCUT2D eigenvalue weighted by Crippen LogP contribution is 2.14. The van der Waals surface area contributed by atoms with Crippen molar-refractivity contribution in [3.63, 3.8) is 0 Å². The highest BCUT2D eigenvalue weighted by molar-refractivity contribution is 5.74. The number of aromatic nitrogens is 2. The van der Waals surface area contributed by atoms with Crippen LogP contribution in [0.2, 0.25) is 0 Å². The van der Waals surface area contributed by atoms with Gasteiger partial charge in [0.2, 0.25) is 6.20 Å². The predicted molar refractivity (Wildman–Crippen MR) is 71.2 cm³/mol. The van der Waals surface area contributed by atoms with E-state index < -0.39 is 5.95 Å². The summed E-state index contributed by atoms with van der Waals surface area (Å²) in [7, 11) is 0. The first-order chi connectivity index (χ1) is 10.0. The SMILES string of the molecule is CC(C)CCCC1CN(C(=O)C[n+]2cc([O-])on2)CCO1. The second-order valence-corrected chi connectivity index (χ2v) is 5.88. The van der Waals surface area contributed by atoms with Crippen molar-refractivity contribution in [2.24, 2.45) is 5.92 Å². The summed E-state index contributed by atoms with van der Waals surface area (Å²) in [5.41, 5.74) is 0. The van der Waals surface area contributed by atoms with Crippen LogP contribution in [0.4, 0.5) is 0 Å². The van der Waals surface area contributed by atoms with Gasteiger partial charge < -0.3 is 19.3 Å². The average Bonchev–Trinajstić information content (AvgIpc) is 2.84. The quantitative estimate of drug-likeness (QED) is 0.695. The summed E-state index contributed by atoms with van der Waals surface area (Å²) in [6.07, 6.45) is 4.55. The first-order valence-electron chi connectivity index (χ1n) is 7.47. The van der Waals surface area contributed by atoms with E-state index in [0.29, 0.717) is 25.6 Å². The van der Waals surface area contributed by atoms with E-state index in [-0.39, 0.29) is 18.6 Å². The van der Waals surface area contributed by atoms with Crippen LogP contribution < -0.4 is 9.79 Å². The van der Waals surface area contributed by atoms with Crippen molar-refractivity contribution >= 4 is 5.91 Å². The maximum Gasteiger partial charge on any atom is 0.291 e. The van der Waals surface area contributed by atoms with Crippen molar-refractivity contribution in [3.05, 3.63) is 6.20 Å². The Labute approximate surface area is 124 Å². The highest BCUT2D eigenvalue weighted by Gasteiger charge is 2.26. The number of hydrogen-bond donors (Lipinski definition) is 0. The second-order valence-electron chi connectivity index (χ2n) is 5.88. The summed E-state index contributed by atoms with van der Waals surface area (Å²) in [5.74, 6) is 0.0815. The van der Waals surface area contributed by atoms with Crippen LogP contribution in [-0.4, -0.2) is 41.9 Å². The molecule has 1 saturated heterocycles. The summed E-state index contributed by atoms with van der Waals surface area (Å²) >= 11 is 0. The molecule has 1 amide bonds. The Balaban J connectivity index is 1.78. The molecule has 2 heterocycles. The molecule has 118 valence electrons. The van der Waals surface area contributed by atoms with Gasteiger partial charge in [-0.05, 0) is 12.3 Å². The van der Waals surface area contributed by atoms with Gasteiger partial charge >= 0.3 is 0 Å². The molecular weight excluding hydrogens is 274 g/mol. The Morgan fingerprint density at radius 3 is 3.10 bits per heavy atom. The zero-order chi connectivity index (χ0) is 15.2. The molecule has 1 aliphatic heterocycles. The molecule has 7 nitrogen and oxygen atoms in total. The van der Waals surface area contributed by atoms with Gasteiger partial charge in [0.05, 0.1) is 18.0 Å². The maximum atomic E-state index is 12.2. The molecule has 0 aromatic carbocycles. The molecule has 0 aliphatic carbocycles. The van der Waals surface area contributed by atoms with Gasteiger partial charge in [-0.15, -0.1) is 0 Å². The lowest BCUT2D eigenvalue weighted by Gasteiger charge is -2.32. The van der Waals surface area contributed by atoms with Crippen LogP contribution in [0.1, 0.15) is 33.1 Å². The van der Waals surface area contributed by atoms with Crippen LogP contribution >= 0.6 is 0 Å². The lowest BCUT2D eigenvalue weighted by molar-refractivity contribution is -0.751. The molecule has 1 fully saturated rings. The fraction of sp³-hybridized carbons (Fsp3) is 0.786. The number of hydrogen-bond acceptors (Lipinski definition) is 5. The summed E-state index contributed by atoms with van der Waals surface area (Å²) in [4.78, 5) is 13.9. The first-order valence-corrected chi connectivity index (χ1v) is 7.47. The van der Waals surface area contributed by atoms with Crippen LogP contribution in [0.25, 0.3) is 0 Å². The van der Waals surface area contributed by atoms with Gasteiger partial charge in [-0.2, -0.15) is 0 Å². The molecule has 1 aromatic heterocycles. The smallest absolute Gasteiger partial charge is 0.291 e. The number of carbonyl (C=O) groups excluding carboxylic acids is 1. The zero-order valence-corrected chi connectivity index (χ0v) is 12.7. The van der Waals surface area contributed by atoms with E-state index in [1.807, 2.05) is 0 Å². The Morgan fingerprint density at radius 1 is 1.62 bits per heavy atom. The Morgan fingerprint density at radius 2 is 2.43 bits per heavy atom. The average molecular weight is 297 g/mol. The standard InChI is InChI=1S/C14H23N3O4/c1-11(2)4-3-5-12-8-16(6-7-20-12)13(18)9-17-10-14(19)21-15-17/h10-12H,3-9H2,1-2H3. The molecule has 7 heteroatoms. The van der Waals surface area contributed by atoms with E-state index in [2.05, 4.69) is 23.6 Å². The largest absolute Gasteiger partial charge is 0.539 e. The zero-order valence-electron chi connectivity index (χ0n) is 12.7. The van der Waals surface area contributed by atoms with Crippen molar-refractivity contribution in [1.82, 2.24) is 10.2 Å². The van der Waals surface area contributed by atoms with E-state index in [4.69, 9.17) is 4.74 Å². The van der Waals surface area contributed by atoms with E-state index in [1.165, 1.54) is 17.3 Å². The third kappa shape index (κ3) is 5.00. The van der Waals surface area contributed by atoms with Gasteiger partial charge in [0.1, 0.15) is 5.95 Å². The molecule has 1 aliphatic rings. The third-order valence-electron chi connectivity index (χ3n) is 3.59. The van der Waals surface area contributed by atoms with Crippen molar-refractivity contribution in [3.8, 4) is 5.95 Å². The number of ether oxygens (including phenoxy) is 1. The number of rotatable bonds is 6. The van der Waals surface area contributed by atoms with Crippen LogP contribution in [0.3, 0.4) is 0 Å². The predicted octanol–water partition coefficient (Wildman–Crippen LogP) is 0.0894.